The minimum atomic E-state index is -0.591. The zero-order chi connectivity index (χ0) is 24.8. The Morgan fingerprint density at radius 3 is 2.26 bits per heavy atom. The number of rotatable bonds is 6. The number of hydrogen-bond acceptors (Lipinski definition) is 5. The summed E-state index contributed by atoms with van der Waals surface area (Å²) in [5, 5.41) is 5.85. The molecular formula is C26H31N5O4. The van der Waals surface area contributed by atoms with Crippen molar-refractivity contribution in [2.75, 3.05) is 51.7 Å². The molecule has 2 heterocycles. The van der Waals surface area contributed by atoms with Crippen LogP contribution >= 0.6 is 0 Å². The molecule has 35 heavy (non-hydrogen) atoms. The highest BCUT2D eigenvalue weighted by molar-refractivity contribution is 5.95. The summed E-state index contributed by atoms with van der Waals surface area (Å²) in [6, 6.07) is 17.8. The lowest BCUT2D eigenvalue weighted by atomic mass is 9.94. The van der Waals surface area contributed by atoms with E-state index < -0.39 is 12.0 Å². The number of urea groups is 2. The van der Waals surface area contributed by atoms with Gasteiger partial charge in [0.1, 0.15) is 0 Å². The number of anilines is 1. The molecule has 2 aromatic carbocycles. The maximum Gasteiger partial charge on any atom is 0.338 e. The Hall–Kier alpha value is -3.85. The van der Waals surface area contributed by atoms with E-state index in [0.717, 1.165) is 11.3 Å². The molecule has 1 atom stereocenters. The summed E-state index contributed by atoms with van der Waals surface area (Å²) in [6.07, 6.45) is 0. The fourth-order valence-corrected chi connectivity index (χ4v) is 4.34. The monoisotopic (exact) mass is 477 g/mol. The van der Waals surface area contributed by atoms with Gasteiger partial charge in [-0.15, -0.1) is 0 Å². The minimum Gasteiger partial charge on any atom is -0.463 e. The van der Waals surface area contributed by atoms with Gasteiger partial charge < -0.3 is 20.3 Å². The number of para-hydroxylation sites is 1. The van der Waals surface area contributed by atoms with E-state index in [1.165, 1.54) is 4.90 Å². The molecule has 4 amide bonds. The number of piperazine rings is 1. The van der Waals surface area contributed by atoms with Gasteiger partial charge in [-0.25, -0.2) is 14.4 Å². The number of ether oxygens (including phenoxy) is 1. The highest BCUT2D eigenvalue weighted by atomic mass is 16.5. The topological polar surface area (TPSA) is 94.2 Å². The summed E-state index contributed by atoms with van der Waals surface area (Å²) in [5.41, 5.74) is 2.62. The van der Waals surface area contributed by atoms with E-state index in [1.807, 2.05) is 60.7 Å². The van der Waals surface area contributed by atoms with Crippen molar-refractivity contribution >= 4 is 23.7 Å². The number of carbonyl (C=O) groups excluding carboxylic acids is 3. The van der Waals surface area contributed by atoms with Crippen molar-refractivity contribution < 1.29 is 19.1 Å². The zero-order valence-electron chi connectivity index (χ0n) is 20.1. The molecule has 2 aliphatic heterocycles. The molecule has 0 radical (unpaired) electrons. The lowest BCUT2D eigenvalue weighted by Crippen LogP contribution is -2.53. The van der Waals surface area contributed by atoms with Gasteiger partial charge in [-0.2, -0.15) is 0 Å². The molecule has 0 aliphatic carbocycles. The van der Waals surface area contributed by atoms with Gasteiger partial charge in [-0.05, 0) is 24.6 Å². The third kappa shape index (κ3) is 5.63. The highest BCUT2D eigenvalue weighted by Gasteiger charge is 2.37. The van der Waals surface area contributed by atoms with Crippen LogP contribution < -0.4 is 10.6 Å². The van der Waals surface area contributed by atoms with E-state index in [9.17, 15) is 14.4 Å². The van der Waals surface area contributed by atoms with Crippen molar-refractivity contribution in [3.05, 3.63) is 77.5 Å². The van der Waals surface area contributed by atoms with Crippen LogP contribution in [0.5, 0.6) is 0 Å². The van der Waals surface area contributed by atoms with Crippen molar-refractivity contribution in [3.63, 3.8) is 0 Å². The van der Waals surface area contributed by atoms with Gasteiger partial charge in [0.05, 0.1) is 18.2 Å². The van der Waals surface area contributed by atoms with Gasteiger partial charge in [0, 0.05) is 51.2 Å². The van der Waals surface area contributed by atoms with Gasteiger partial charge in [0.15, 0.2) is 0 Å². The molecule has 0 aromatic heterocycles. The van der Waals surface area contributed by atoms with Gasteiger partial charge in [0.2, 0.25) is 0 Å². The second-order valence-corrected chi connectivity index (χ2v) is 8.49. The van der Waals surface area contributed by atoms with Crippen LogP contribution in [-0.2, 0) is 9.53 Å². The van der Waals surface area contributed by atoms with Gasteiger partial charge in [-0.1, -0.05) is 48.5 Å². The van der Waals surface area contributed by atoms with Crippen molar-refractivity contribution in [1.82, 2.24) is 20.0 Å². The van der Waals surface area contributed by atoms with Crippen molar-refractivity contribution in [2.24, 2.45) is 0 Å². The first-order valence-electron chi connectivity index (χ1n) is 11.8. The minimum absolute atomic E-state index is 0.138. The predicted octanol–water partition coefficient (Wildman–Crippen LogP) is 3.05. The molecule has 0 spiro atoms. The molecule has 184 valence electrons. The standard InChI is InChI=1S/C26H31N5O4/c1-3-35-24(32)22-21(29(2)25(33)28-23(22)19-10-6-4-7-11-19)18-30-14-16-31(17-15-30)26(34)27-20-12-8-5-9-13-20/h4-13,23H,3,14-18H2,1-2H3,(H,27,34)(H,28,33). The maximum atomic E-state index is 13.1. The van der Waals surface area contributed by atoms with E-state index in [1.54, 1.807) is 18.9 Å². The molecule has 0 bridgehead atoms. The summed E-state index contributed by atoms with van der Waals surface area (Å²) in [6.45, 7) is 4.72. The molecule has 1 saturated heterocycles. The van der Waals surface area contributed by atoms with Crippen LogP contribution in [0.15, 0.2) is 71.9 Å². The molecule has 9 nitrogen and oxygen atoms in total. The summed E-state index contributed by atoms with van der Waals surface area (Å²) < 4.78 is 5.39. The molecule has 0 saturated carbocycles. The molecule has 9 heteroatoms. The maximum absolute atomic E-state index is 13.1. The highest BCUT2D eigenvalue weighted by Crippen LogP contribution is 2.31. The largest absolute Gasteiger partial charge is 0.463 e. The fraction of sp³-hybridized carbons (Fsp3) is 0.346. The van der Waals surface area contributed by atoms with Crippen molar-refractivity contribution in [3.8, 4) is 0 Å². The second-order valence-electron chi connectivity index (χ2n) is 8.49. The molecule has 2 aliphatic rings. The second kappa shape index (κ2) is 11.1. The Balaban J connectivity index is 1.51. The van der Waals surface area contributed by atoms with E-state index >= 15 is 0 Å². The van der Waals surface area contributed by atoms with E-state index in [2.05, 4.69) is 15.5 Å². The summed E-state index contributed by atoms with van der Waals surface area (Å²) in [7, 11) is 1.66. The Morgan fingerprint density at radius 1 is 1.00 bits per heavy atom. The smallest absolute Gasteiger partial charge is 0.338 e. The SMILES string of the molecule is CCOC(=O)C1=C(CN2CCN(C(=O)Nc3ccccc3)CC2)N(C)C(=O)NC1c1ccccc1. The number of likely N-dealkylation sites (N-methyl/N-ethyl adjacent to an activating group) is 1. The predicted molar refractivity (Wildman–Crippen MR) is 133 cm³/mol. The average molecular weight is 478 g/mol. The molecule has 2 N–H and O–H groups in total. The van der Waals surface area contributed by atoms with Crippen LogP contribution in [0.2, 0.25) is 0 Å². The number of nitrogens with zero attached hydrogens (tertiary/aromatic N) is 3. The first-order chi connectivity index (χ1) is 17.0. The van der Waals surface area contributed by atoms with E-state index in [4.69, 9.17) is 4.74 Å². The average Bonchev–Trinajstić information content (AvgIpc) is 2.88. The number of carbonyl (C=O) groups is 3. The van der Waals surface area contributed by atoms with Crippen LogP contribution in [0.1, 0.15) is 18.5 Å². The van der Waals surface area contributed by atoms with Crippen LogP contribution in [0.25, 0.3) is 0 Å². The van der Waals surface area contributed by atoms with Crippen LogP contribution in [0.3, 0.4) is 0 Å². The Kier molecular flexibility index (Phi) is 7.67. The number of nitrogens with one attached hydrogen (secondary N) is 2. The lowest BCUT2D eigenvalue weighted by Gasteiger charge is -2.39. The lowest BCUT2D eigenvalue weighted by molar-refractivity contribution is -0.139. The van der Waals surface area contributed by atoms with Crippen LogP contribution in [0.4, 0.5) is 15.3 Å². The molecule has 2 aromatic rings. The van der Waals surface area contributed by atoms with Crippen molar-refractivity contribution in [1.29, 1.82) is 0 Å². The first kappa shape index (κ1) is 24.3. The quantitative estimate of drug-likeness (QED) is 0.624. The molecule has 4 rings (SSSR count). The molecule has 1 fully saturated rings. The van der Waals surface area contributed by atoms with Gasteiger partial charge >= 0.3 is 18.0 Å². The molecular weight excluding hydrogens is 446 g/mol. The number of hydrogen-bond donors (Lipinski definition) is 2. The summed E-state index contributed by atoms with van der Waals surface area (Å²) in [4.78, 5) is 43.9. The first-order valence-corrected chi connectivity index (χ1v) is 11.8. The zero-order valence-corrected chi connectivity index (χ0v) is 20.1. The van der Waals surface area contributed by atoms with E-state index in [0.29, 0.717) is 44.0 Å². The fourth-order valence-electron chi connectivity index (χ4n) is 4.34. The van der Waals surface area contributed by atoms with Gasteiger partial charge in [-0.3, -0.25) is 9.80 Å². The normalized spacial score (nSPS) is 18.8. The Morgan fingerprint density at radius 2 is 1.63 bits per heavy atom. The van der Waals surface area contributed by atoms with Gasteiger partial charge in [0.25, 0.3) is 0 Å². The third-order valence-electron chi connectivity index (χ3n) is 6.26. The number of amides is 4. The van der Waals surface area contributed by atoms with Crippen LogP contribution in [-0.4, -0.2) is 79.1 Å². The summed E-state index contributed by atoms with van der Waals surface area (Å²) in [5.74, 6) is -0.441. The Bertz CT molecular complexity index is 1080. The number of esters is 1. The summed E-state index contributed by atoms with van der Waals surface area (Å²) >= 11 is 0. The van der Waals surface area contributed by atoms with Crippen LogP contribution in [0, 0.1) is 0 Å². The number of benzene rings is 2. The Labute approximate surface area is 205 Å². The molecule has 1 unspecified atom stereocenters. The third-order valence-corrected chi connectivity index (χ3v) is 6.26. The van der Waals surface area contributed by atoms with Crippen molar-refractivity contribution in [2.45, 2.75) is 13.0 Å². The van der Waals surface area contributed by atoms with E-state index in [-0.39, 0.29) is 18.7 Å².